The highest BCUT2D eigenvalue weighted by Crippen LogP contribution is 2.01. The Hall–Kier alpha value is -1.57. The van der Waals surface area contributed by atoms with Crippen molar-refractivity contribution in [2.75, 3.05) is 13.1 Å². The van der Waals surface area contributed by atoms with Crippen LogP contribution >= 0.6 is 0 Å². The van der Waals surface area contributed by atoms with Gasteiger partial charge in [-0.15, -0.1) is 0 Å². The summed E-state index contributed by atoms with van der Waals surface area (Å²) >= 11 is 0. The zero-order valence-corrected chi connectivity index (χ0v) is 8.13. The molecule has 1 aromatic rings. The second-order valence-electron chi connectivity index (χ2n) is 3.34. The largest absolute Gasteiger partial charge is 0.373 e. The molecular weight excluding hydrogens is 172 g/mol. The van der Waals surface area contributed by atoms with Crippen molar-refractivity contribution in [3.05, 3.63) is 54.5 Å². The van der Waals surface area contributed by atoms with E-state index in [4.69, 9.17) is 0 Å². The van der Waals surface area contributed by atoms with Gasteiger partial charge in [0.25, 0.3) is 0 Å². The van der Waals surface area contributed by atoms with Crippen molar-refractivity contribution in [1.29, 1.82) is 0 Å². The van der Waals surface area contributed by atoms with Crippen LogP contribution in [0.15, 0.2) is 48.8 Å². The van der Waals surface area contributed by atoms with Crippen molar-refractivity contribution < 1.29 is 0 Å². The van der Waals surface area contributed by atoms with E-state index in [1.165, 1.54) is 0 Å². The lowest BCUT2D eigenvalue weighted by atomic mass is 10.2. The molecule has 0 N–H and O–H groups in total. The number of hydrogen-bond donors (Lipinski definition) is 0. The molecule has 1 aliphatic heterocycles. The van der Waals surface area contributed by atoms with E-state index in [0.717, 1.165) is 25.2 Å². The second-order valence-corrected chi connectivity index (χ2v) is 3.34. The zero-order chi connectivity index (χ0) is 9.64. The zero-order valence-electron chi connectivity index (χ0n) is 8.13. The first-order valence-corrected chi connectivity index (χ1v) is 4.92. The molecule has 2 rings (SSSR count). The van der Waals surface area contributed by atoms with Crippen LogP contribution in [0.5, 0.6) is 0 Å². The third-order valence-electron chi connectivity index (χ3n) is 2.27. The summed E-state index contributed by atoms with van der Waals surface area (Å²) in [5.41, 5.74) is 1.16. The summed E-state index contributed by atoms with van der Waals surface area (Å²) in [6, 6.07) is 6.06. The molecule has 2 heterocycles. The van der Waals surface area contributed by atoms with Crippen LogP contribution in [-0.4, -0.2) is 23.0 Å². The van der Waals surface area contributed by atoms with E-state index >= 15 is 0 Å². The van der Waals surface area contributed by atoms with Gasteiger partial charge in [0.1, 0.15) is 0 Å². The molecule has 14 heavy (non-hydrogen) atoms. The van der Waals surface area contributed by atoms with Gasteiger partial charge in [-0.25, -0.2) is 0 Å². The highest BCUT2D eigenvalue weighted by Gasteiger charge is 2.00. The van der Waals surface area contributed by atoms with Crippen molar-refractivity contribution in [3.8, 4) is 0 Å². The standard InChI is InChI=1S/C12H14N2/c1-4-9-14(10-5-1)11-7-12-6-2-3-8-13-12/h1-6,8-9H,7,10-11H2. The van der Waals surface area contributed by atoms with E-state index in [2.05, 4.69) is 40.4 Å². The van der Waals surface area contributed by atoms with Gasteiger partial charge in [-0.3, -0.25) is 4.98 Å². The minimum Gasteiger partial charge on any atom is -0.373 e. The molecule has 2 heteroatoms. The normalized spacial score (nSPS) is 14.7. The molecule has 0 saturated carbocycles. The lowest BCUT2D eigenvalue weighted by molar-refractivity contribution is 0.414. The maximum absolute atomic E-state index is 4.29. The highest BCUT2D eigenvalue weighted by molar-refractivity contribution is 5.09. The van der Waals surface area contributed by atoms with E-state index in [1.54, 1.807) is 0 Å². The second kappa shape index (κ2) is 4.61. The summed E-state index contributed by atoms with van der Waals surface area (Å²) < 4.78 is 0. The lowest BCUT2D eigenvalue weighted by Crippen LogP contribution is -2.21. The van der Waals surface area contributed by atoms with Crippen molar-refractivity contribution >= 4 is 0 Å². The summed E-state index contributed by atoms with van der Waals surface area (Å²) in [5.74, 6) is 0. The van der Waals surface area contributed by atoms with E-state index in [9.17, 15) is 0 Å². The van der Waals surface area contributed by atoms with Crippen molar-refractivity contribution in [1.82, 2.24) is 9.88 Å². The highest BCUT2D eigenvalue weighted by atomic mass is 15.1. The molecule has 0 aliphatic carbocycles. The van der Waals surface area contributed by atoms with E-state index < -0.39 is 0 Å². The summed E-state index contributed by atoms with van der Waals surface area (Å²) in [6.07, 6.45) is 11.3. The Morgan fingerprint density at radius 1 is 1.29 bits per heavy atom. The number of nitrogens with zero attached hydrogens (tertiary/aromatic N) is 2. The van der Waals surface area contributed by atoms with Crippen LogP contribution in [0.25, 0.3) is 0 Å². The van der Waals surface area contributed by atoms with Crippen LogP contribution in [0.2, 0.25) is 0 Å². The average molecular weight is 186 g/mol. The van der Waals surface area contributed by atoms with Crippen LogP contribution in [0, 0.1) is 0 Å². The number of aromatic nitrogens is 1. The Bertz CT molecular complexity index is 327. The minimum atomic E-state index is 1.01. The first kappa shape index (κ1) is 9.00. The summed E-state index contributed by atoms with van der Waals surface area (Å²) in [6.45, 7) is 2.06. The molecule has 1 aliphatic rings. The molecule has 72 valence electrons. The number of allylic oxidation sites excluding steroid dienone is 2. The number of pyridine rings is 1. The van der Waals surface area contributed by atoms with Gasteiger partial charge in [0, 0.05) is 31.4 Å². The van der Waals surface area contributed by atoms with Crippen molar-refractivity contribution in [3.63, 3.8) is 0 Å². The fraction of sp³-hybridized carbons (Fsp3) is 0.250. The maximum Gasteiger partial charge on any atom is 0.0421 e. The lowest BCUT2D eigenvalue weighted by Gasteiger charge is -2.19. The Balaban J connectivity index is 1.83. The van der Waals surface area contributed by atoms with Crippen molar-refractivity contribution in [2.24, 2.45) is 0 Å². The summed E-state index contributed by atoms with van der Waals surface area (Å²) in [7, 11) is 0. The molecule has 0 atom stereocenters. The Morgan fingerprint density at radius 2 is 2.29 bits per heavy atom. The smallest absolute Gasteiger partial charge is 0.0421 e. The van der Waals surface area contributed by atoms with Crippen LogP contribution in [0.4, 0.5) is 0 Å². The first-order chi connectivity index (χ1) is 6.95. The monoisotopic (exact) mass is 186 g/mol. The molecule has 0 bridgehead atoms. The predicted octanol–water partition coefficient (Wildman–Crippen LogP) is 2.01. The van der Waals surface area contributed by atoms with E-state index in [0.29, 0.717) is 0 Å². The molecule has 0 aromatic carbocycles. The quantitative estimate of drug-likeness (QED) is 0.718. The van der Waals surface area contributed by atoms with Gasteiger partial charge in [0.15, 0.2) is 0 Å². The third-order valence-corrected chi connectivity index (χ3v) is 2.27. The topological polar surface area (TPSA) is 16.1 Å². The molecule has 1 aromatic heterocycles. The van der Waals surface area contributed by atoms with Gasteiger partial charge < -0.3 is 4.90 Å². The van der Waals surface area contributed by atoms with Gasteiger partial charge >= 0.3 is 0 Å². The van der Waals surface area contributed by atoms with Crippen LogP contribution in [0.1, 0.15) is 5.69 Å². The maximum atomic E-state index is 4.29. The first-order valence-electron chi connectivity index (χ1n) is 4.92. The van der Waals surface area contributed by atoms with Gasteiger partial charge in [-0.05, 0) is 24.4 Å². The molecule has 0 unspecified atom stereocenters. The molecule has 2 nitrogen and oxygen atoms in total. The summed E-state index contributed by atoms with van der Waals surface area (Å²) in [5, 5.41) is 0. The Labute approximate surface area is 84.6 Å². The van der Waals surface area contributed by atoms with E-state index in [1.807, 2.05) is 18.3 Å². The van der Waals surface area contributed by atoms with Crippen LogP contribution < -0.4 is 0 Å². The molecular formula is C12H14N2. The average Bonchev–Trinajstić information content (AvgIpc) is 2.29. The number of hydrogen-bond acceptors (Lipinski definition) is 2. The van der Waals surface area contributed by atoms with Gasteiger partial charge in [0.2, 0.25) is 0 Å². The van der Waals surface area contributed by atoms with E-state index in [-0.39, 0.29) is 0 Å². The molecule has 0 amide bonds. The fourth-order valence-corrected chi connectivity index (χ4v) is 1.48. The summed E-state index contributed by atoms with van der Waals surface area (Å²) in [4.78, 5) is 6.58. The fourth-order valence-electron chi connectivity index (χ4n) is 1.48. The Morgan fingerprint density at radius 3 is 3.00 bits per heavy atom. The third kappa shape index (κ3) is 2.46. The van der Waals surface area contributed by atoms with Gasteiger partial charge in [0.05, 0.1) is 0 Å². The SMILES string of the molecule is C1=CCN(CCc2ccccn2)C=C1. The Kier molecular flexibility index (Phi) is 2.96. The minimum absolute atomic E-state index is 1.01. The molecule has 0 saturated heterocycles. The van der Waals surface area contributed by atoms with Crippen molar-refractivity contribution in [2.45, 2.75) is 6.42 Å². The van der Waals surface area contributed by atoms with Gasteiger partial charge in [-0.1, -0.05) is 18.2 Å². The number of rotatable bonds is 3. The molecule has 0 spiro atoms. The van der Waals surface area contributed by atoms with Crippen LogP contribution in [0.3, 0.4) is 0 Å². The van der Waals surface area contributed by atoms with Gasteiger partial charge in [-0.2, -0.15) is 0 Å². The molecule has 0 fully saturated rings. The molecule has 0 radical (unpaired) electrons. The van der Waals surface area contributed by atoms with Crippen LogP contribution in [-0.2, 0) is 6.42 Å². The predicted molar refractivity (Wildman–Crippen MR) is 57.8 cm³/mol.